The summed E-state index contributed by atoms with van der Waals surface area (Å²) in [6, 6.07) is 12.5. The van der Waals surface area contributed by atoms with Crippen LogP contribution in [-0.2, 0) is 36.0 Å². The van der Waals surface area contributed by atoms with Crippen molar-refractivity contribution in [2.75, 3.05) is 16.4 Å². The molecule has 0 aromatic heterocycles. The Morgan fingerprint density at radius 2 is 1.97 bits per heavy atom. The van der Waals surface area contributed by atoms with E-state index in [4.69, 9.17) is 21.1 Å². The van der Waals surface area contributed by atoms with Gasteiger partial charge in [0.1, 0.15) is 0 Å². The first-order valence-corrected chi connectivity index (χ1v) is 16.5. The SMILES string of the molecule is CC(=O)OC1CC(=O)N1c1cccc(CN2C(=O)[C@@]3(O[C@@H](CCO)[C@H]([Si](C)(C)O)[C@H]3C)c3cc(Cl)ccc32)c1. The highest BCUT2D eigenvalue weighted by molar-refractivity contribution is 6.71. The van der Waals surface area contributed by atoms with Crippen LogP contribution in [0, 0.1) is 5.92 Å². The standard InChI is InChI=1S/C28H33ClN2O7Si/c1-16-26(39(3,4)36)23(10-11-32)38-28(16)21-13-19(29)8-9-22(21)30(27(28)35)15-18-6-5-7-20(12-18)31-24(34)14-25(31)37-17(2)33/h5-9,12-13,16,23,25-26,32,36H,10-11,14-15H2,1-4H3/t16-,23+,25?,26-,28+/m1/s1. The van der Waals surface area contributed by atoms with Gasteiger partial charge in [0.25, 0.3) is 5.91 Å². The fourth-order valence-electron chi connectivity index (χ4n) is 6.57. The molecule has 0 bridgehead atoms. The van der Waals surface area contributed by atoms with Crippen LogP contribution in [0.1, 0.15) is 37.8 Å². The minimum atomic E-state index is -2.80. The third-order valence-corrected chi connectivity index (χ3v) is 10.8. The first-order valence-electron chi connectivity index (χ1n) is 13.1. The normalized spacial score (nSPS) is 28.2. The minimum absolute atomic E-state index is 0.120. The Hall–Kier alpha value is -2.76. The highest BCUT2D eigenvalue weighted by Gasteiger charge is 2.66. The molecule has 11 heteroatoms. The molecule has 2 amide bonds. The molecule has 0 saturated carbocycles. The zero-order valence-corrected chi connectivity index (χ0v) is 24.1. The fraction of sp³-hybridized carbons (Fsp3) is 0.464. The van der Waals surface area contributed by atoms with Crippen molar-refractivity contribution >= 4 is 49.1 Å². The summed E-state index contributed by atoms with van der Waals surface area (Å²) in [5.41, 5.74) is 1.04. The molecule has 0 radical (unpaired) electrons. The molecular weight excluding hydrogens is 540 g/mol. The highest BCUT2D eigenvalue weighted by atomic mass is 35.5. The summed E-state index contributed by atoms with van der Waals surface area (Å²) in [6.07, 6.45) is -0.692. The minimum Gasteiger partial charge on any atom is -0.441 e. The molecule has 9 nitrogen and oxygen atoms in total. The van der Waals surface area contributed by atoms with Crippen LogP contribution >= 0.6 is 11.6 Å². The molecule has 1 unspecified atom stereocenters. The molecule has 39 heavy (non-hydrogen) atoms. The zero-order chi connectivity index (χ0) is 28.3. The van der Waals surface area contributed by atoms with E-state index in [-0.39, 0.29) is 42.8 Å². The summed E-state index contributed by atoms with van der Waals surface area (Å²) in [7, 11) is -2.80. The van der Waals surface area contributed by atoms with Crippen LogP contribution in [0.25, 0.3) is 0 Å². The van der Waals surface area contributed by atoms with Crippen LogP contribution in [0.2, 0.25) is 23.7 Å². The monoisotopic (exact) mass is 572 g/mol. The third kappa shape index (κ3) is 4.58. The molecule has 5 rings (SSSR count). The number of anilines is 2. The maximum atomic E-state index is 14.4. The summed E-state index contributed by atoms with van der Waals surface area (Å²) in [5, 5.41) is 10.2. The Morgan fingerprint density at radius 1 is 1.23 bits per heavy atom. The molecule has 3 aliphatic rings. The van der Waals surface area contributed by atoms with Gasteiger partial charge in [-0.05, 0) is 55.4 Å². The Labute approximate surface area is 233 Å². The second-order valence-electron chi connectivity index (χ2n) is 11.1. The number of hydrogen-bond donors (Lipinski definition) is 2. The van der Waals surface area contributed by atoms with Crippen LogP contribution in [0.5, 0.6) is 0 Å². The Kier molecular flexibility index (Phi) is 7.13. The van der Waals surface area contributed by atoms with Crippen LogP contribution in [0.15, 0.2) is 42.5 Å². The van der Waals surface area contributed by atoms with Gasteiger partial charge in [0, 0.05) is 41.3 Å². The number of nitrogens with zero attached hydrogens (tertiary/aromatic N) is 2. The number of carbonyl (C=O) groups excluding carboxylic acids is 3. The van der Waals surface area contributed by atoms with Crippen molar-refractivity contribution in [1.82, 2.24) is 0 Å². The molecule has 5 atom stereocenters. The summed E-state index contributed by atoms with van der Waals surface area (Å²) >= 11 is 6.41. The van der Waals surface area contributed by atoms with Gasteiger partial charge in [-0.3, -0.25) is 19.3 Å². The first kappa shape index (κ1) is 27.8. The highest BCUT2D eigenvalue weighted by Crippen LogP contribution is 2.60. The molecule has 0 aliphatic carbocycles. The molecule has 3 aliphatic heterocycles. The van der Waals surface area contributed by atoms with Crippen molar-refractivity contribution in [2.24, 2.45) is 5.92 Å². The number of β-lactam (4-membered cyclic amide) rings is 1. The van der Waals surface area contributed by atoms with Crippen LogP contribution in [0.4, 0.5) is 11.4 Å². The maximum absolute atomic E-state index is 14.4. The van der Waals surface area contributed by atoms with Gasteiger partial charge in [-0.1, -0.05) is 30.7 Å². The quantitative estimate of drug-likeness (QED) is 0.295. The van der Waals surface area contributed by atoms with Crippen molar-refractivity contribution in [3.05, 3.63) is 58.6 Å². The summed E-state index contributed by atoms with van der Waals surface area (Å²) < 4.78 is 11.8. The second kappa shape index (κ2) is 10.0. The van der Waals surface area contributed by atoms with Gasteiger partial charge < -0.3 is 24.3 Å². The summed E-state index contributed by atoms with van der Waals surface area (Å²) in [6.45, 7) is 6.99. The number of esters is 1. The Balaban J connectivity index is 1.51. The van der Waals surface area contributed by atoms with E-state index in [0.29, 0.717) is 28.4 Å². The van der Waals surface area contributed by atoms with Gasteiger partial charge in [0.15, 0.2) is 20.1 Å². The fourth-order valence-corrected chi connectivity index (χ4v) is 9.35. The number of ether oxygens (including phenoxy) is 2. The van der Waals surface area contributed by atoms with Crippen LogP contribution < -0.4 is 9.80 Å². The Morgan fingerprint density at radius 3 is 2.62 bits per heavy atom. The lowest BCUT2D eigenvalue weighted by Crippen LogP contribution is -2.54. The number of aliphatic hydroxyl groups is 1. The lowest BCUT2D eigenvalue weighted by atomic mass is 9.82. The van der Waals surface area contributed by atoms with Crippen molar-refractivity contribution in [3.63, 3.8) is 0 Å². The van der Waals surface area contributed by atoms with E-state index in [1.54, 1.807) is 35.2 Å². The van der Waals surface area contributed by atoms with Crippen LogP contribution in [-0.4, -0.2) is 54.9 Å². The summed E-state index contributed by atoms with van der Waals surface area (Å²) in [5.74, 6) is -1.22. The zero-order valence-electron chi connectivity index (χ0n) is 22.4. The average Bonchev–Trinajstić information content (AvgIpc) is 3.25. The maximum Gasteiger partial charge on any atom is 0.304 e. The van der Waals surface area contributed by atoms with E-state index in [1.165, 1.54) is 11.8 Å². The lowest BCUT2D eigenvalue weighted by Gasteiger charge is -2.39. The van der Waals surface area contributed by atoms with Gasteiger partial charge in [0.05, 0.1) is 24.8 Å². The van der Waals surface area contributed by atoms with E-state index in [1.807, 2.05) is 32.2 Å². The number of halogens is 1. The molecule has 2 fully saturated rings. The number of amides is 2. The largest absolute Gasteiger partial charge is 0.441 e. The average molecular weight is 573 g/mol. The molecular formula is C28H33ClN2O7Si. The van der Waals surface area contributed by atoms with Crippen molar-refractivity contribution < 1.29 is 33.8 Å². The van der Waals surface area contributed by atoms with Gasteiger partial charge in [0.2, 0.25) is 5.91 Å². The first-order chi connectivity index (χ1) is 18.4. The van der Waals surface area contributed by atoms with Crippen molar-refractivity contribution in [1.29, 1.82) is 0 Å². The van der Waals surface area contributed by atoms with E-state index in [0.717, 1.165) is 5.56 Å². The van der Waals surface area contributed by atoms with Crippen molar-refractivity contribution in [3.8, 4) is 0 Å². The molecule has 2 N–H and O–H groups in total. The number of carbonyl (C=O) groups is 3. The van der Waals surface area contributed by atoms with Crippen molar-refractivity contribution in [2.45, 2.75) is 69.8 Å². The number of fused-ring (bicyclic) bond motifs is 2. The van der Waals surface area contributed by atoms with E-state index in [9.17, 15) is 24.3 Å². The molecule has 2 aromatic rings. The van der Waals surface area contributed by atoms with Gasteiger partial charge in [-0.15, -0.1) is 0 Å². The molecule has 2 saturated heterocycles. The smallest absolute Gasteiger partial charge is 0.304 e. The second-order valence-corrected chi connectivity index (χ2v) is 15.5. The number of rotatable bonds is 7. The topological polar surface area (TPSA) is 117 Å². The molecule has 2 aromatic carbocycles. The van der Waals surface area contributed by atoms with E-state index >= 15 is 0 Å². The number of hydrogen-bond acceptors (Lipinski definition) is 7. The molecule has 3 heterocycles. The van der Waals surface area contributed by atoms with Gasteiger partial charge >= 0.3 is 5.97 Å². The Bertz CT molecular complexity index is 1330. The predicted octanol–water partition coefficient (Wildman–Crippen LogP) is 3.69. The number of benzene rings is 2. The molecule has 208 valence electrons. The lowest BCUT2D eigenvalue weighted by molar-refractivity contribution is -0.154. The number of aliphatic hydroxyl groups excluding tert-OH is 1. The summed E-state index contributed by atoms with van der Waals surface area (Å²) in [4.78, 5) is 52.4. The molecule has 1 spiro atoms. The van der Waals surface area contributed by atoms with E-state index in [2.05, 4.69) is 0 Å². The predicted molar refractivity (Wildman–Crippen MR) is 148 cm³/mol. The van der Waals surface area contributed by atoms with Crippen LogP contribution in [0.3, 0.4) is 0 Å². The van der Waals surface area contributed by atoms with E-state index < -0.39 is 32.2 Å². The third-order valence-electron chi connectivity index (χ3n) is 8.10. The van der Waals surface area contributed by atoms with Gasteiger partial charge in [-0.2, -0.15) is 0 Å². The van der Waals surface area contributed by atoms with Gasteiger partial charge in [-0.25, -0.2) is 0 Å².